The molecule has 0 aromatic heterocycles. The third kappa shape index (κ3) is 4.18. The van der Waals surface area contributed by atoms with E-state index in [9.17, 15) is 0 Å². The molecule has 18 heavy (non-hydrogen) atoms. The van der Waals surface area contributed by atoms with Crippen molar-refractivity contribution in [1.29, 1.82) is 0 Å². The molecule has 3 heteroatoms. The lowest BCUT2D eigenvalue weighted by Crippen LogP contribution is -2.03. The summed E-state index contributed by atoms with van der Waals surface area (Å²) in [6.07, 6.45) is 2.20. The lowest BCUT2D eigenvalue weighted by atomic mass is 10.1. The molecule has 2 aromatic rings. The maximum absolute atomic E-state index is 6.16. The van der Waals surface area contributed by atoms with Gasteiger partial charge in [0.05, 0.1) is 10.7 Å². The van der Waals surface area contributed by atoms with Crippen molar-refractivity contribution in [1.82, 2.24) is 0 Å². The van der Waals surface area contributed by atoms with Gasteiger partial charge in [0, 0.05) is 10.1 Å². The molecule has 0 fully saturated rings. The van der Waals surface area contributed by atoms with Crippen molar-refractivity contribution in [3.8, 4) is 0 Å². The van der Waals surface area contributed by atoms with Gasteiger partial charge in [-0.2, -0.15) is 0 Å². The summed E-state index contributed by atoms with van der Waals surface area (Å²) in [5.74, 6) is 0. The molecule has 2 aromatic carbocycles. The maximum Gasteiger partial charge on any atom is 0.0648 e. The minimum absolute atomic E-state index is 0.793. The molecule has 0 aliphatic carbocycles. The van der Waals surface area contributed by atoms with E-state index in [0.29, 0.717) is 0 Å². The van der Waals surface area contributed by atoms with E-state index in [-0.39, 0.29) is 0 Å². The number of benzene rings is 2. The highest BCUT2D eigenvalue weighted by Gasteiger charge is 1.99. The summed E-state index contributed by atoms with van der Waals surface area (Å²) < 4.78 is 1.16. The van der Waals surface area contributed by atoms with Crippen LogP contribution in [0.4, 0.5) is 5.69 Å². The number of halogens is 2. The van der Waals surface area contributed by atoms with Gasteiger partial charge in [-0.3, -0.25) is 0 Å². The van der Waals surface area contributed by atoms with Gasteiger partial charge in [0.25, 0.3) is 0 Å². The minimum atomic E-state index is 0.793. The normalized spacial score (nSPS) is 10.3. The van der Waals surface area contributed by atoms with E-state index in [2.05, 4.69) is 58.2 Å². The Morgan fingerprint density at radius 3 is 2.56 bits per heavy atom. The van der Waals surface area contributed by atoms with Gasteiger partial charge in [0.1, 0.15) is 0 Å². The fourth-order valence-electron chi connectivity index (χ4n) is 1.79. The molecular formula is C15H15ClIN. The zero-order chi connectivity index (χ0) is 12.8. The molecule has 1 N–H and O–H groups in total. The fraction of sp³-hybridized carbons (Fsp3) is 0.200. The SMILES string of the molecule is Clc1cc(I)ccc1NCCCc1ccccc1. The summed E-state index contributed by atoms with van der Waals surface area (Å²) in [5, 5.41) is 4.17. The topological polar surface area (TPSA) is 12.0 Å². The van der Waals surface area contributed by atoms with Crippen LogP contribution >= 0.6 is 34.2 Å². The van der Waals surface area contributed by atoms with E-state index < -0.39 is 0 Å². The highest BCUT2D eigenvalue weighted by atomic mass is 127. The Bertz CT molecular complexity index is 499. The molecule has 1 nitrogen and oxygen atoms in total. The Labute approximate surface area is 127 Å². The number of anilines is 1. The quantitative estimate of drug-likeness (QED) is 0.577. The summed E-state index contributed by atoms with van der Waals surface area (Å²) in [4.78, 5) is 0. The summed E-state index contributed by atoms with van der Waals surface area (Å²) in [6, 6.07) is 16.6. The fourth-order valence-corrected chi connectivity index (χ4v) is 2.72. The van der Waals surface area contributed by atoms with Crippen LogP contribution in [-0.4, -0.2) is 6.54 Å². The van der Waals surface area contributed by atoms with Gasteiger partial charge in [0.15, 0.2) is 0 Å². The number of rotatable bonds is 5. The zero-order valence-corrected chi connectivity index (χ0v) is 12.9. The van der Waals surface area contributed by atoms with Crippen LogP contribution in [0.15, 0.2) is 48.5 Å². The average Bonchev–Trinajstić information content (AvgIpc) is 2.38. The second-order valence-corrected chi connectivity index (χ2v) is 5.79. The minimum Gasteiger partial charge on any atom is -0.384 e. The molecule has 0 atom stereocenters. The Morgan fingerprint density at radius 1 is 1.06 bits per heavy atom. The number of aryl methyl sites for hydroxylation is 1. The van der Waals surface area contributed by atoms with Crippen molar-refractivity contribution in [2.24, 2.45) is 0 Å². The largest absolute Gasteiger partial charge is 0.384 e. The maximum atomic E-state index is 6.16. The van der Waals surface area contributed by atoms with E-state index in [1.807, 2.05) is 18.2 Å². The molecule has 0 radical (unpaired) electrons. The van der Waals surface area contributed by atoms with E-state index in [4.69, 9.17) is 11.6 Å². The van der Waals surface area contributed by atoms with Crippen LogP contribution in [0.5, 0.6) is 0 Å². The average molecular weight is 372 g/mol. The Morgan fingerprint density at radius 2 is 1.83 bits per heavy atom. The first-order chi connectivity index (χ1) is 8.75. The predicted octanol–water partition coefficient (Wildman–Crippen LogP) is 4.99. The van der Waals surface area contributed by atoms with Crippen LogP contribution in [0.3, 0.4) is 0 Å². The molecular weight excluding hydrogens is 357 g/mol. The van der Waals surface area contributed by atoms with Crippen molar-refractivity contribution in [2.45, 2.75) is 12.8 Å². The summed E-state index contributed by atoms with van der Waals surface area (Å²) in [7, 11) is 0. The third-order valence-corrected chi connectivity index (χ3v) is 3.72. The van der Waals surface area contributed by atoms with E-state index >= 15 is 0 Å². The van der Waals surface area contributed by atoms with Crippen molar-refractivity contribution in [2.75, 3.05) is 11.9 Å². The standard InChI is InChI=1S/C15H15ClIN/c16-14-11-13(17)8-9-15(14)18-10-4-7-12-5-2-1-3-6-12/h1-3,5-6,8-9,11,18H,4,7,10H2. The van der Waals surface area contributed by atoms with E-state index in [1.165, 1.54) is 5.56 Å². The second kappa shape index (κ2) is 7.00. The summed E-state index contributed by atoms with van der Waals surface area (Å²) >= 11 is 8.42. The molecule has 0 heterocycles. The van der Waals surface area contributed by atoms with Gasteiger partial charge >= 0.3 is 0 Å². The highest BCUT2D eigenvalue weighted by Crippen LogP contribution is 2.23. The van der Waals surface area contributed by atoms with Crippen LogP contribution in [-0.2, 0) is 6.42 Å². The van der Waals surface area contributed by atoms with Crippen LogP contribution < -0.4 is 5.32 Å². The first-order valence-corrected chi connectivity index (χ1v) is 7.44. The lowest BCUT2D eigenvalue weighted by Gasteiger charge is -2.08. The Hall–Kier alpha value is -0.740. The first kappa shape index (κ1) is 13.7. The van der Waals surface area contributed by atoms with Gasteiger partial charge in [-0.15, -0.1) is 0 Å². The monoisotopic (exact) mass is 371 g/mol. The zero-order valence-electron chi connectivity index (χ0n) is 10.00. The van der Waals surface area contributed by atoms with Gasteiger partial charge in [0.2, 0.25) is 0 Å². The molecule has 0 spiro atoms. The highest BCUT2D eigenvalue weighted by molar-refractivity contribution is 14.1. The molecule has 0 saturated heterocycles. The van der Waals surface area contributed by atoms with Crippen LogP contribution in [0.25, 0.3) is 0 Å². The van der Waals surface area contributed by atoms with E-state index in [1.54, 1.807) is 0 Å². The summed E-state index contributed by atoms with van der Waals surface area (Å²) in [5.41, 5.74) is 2.40. The third-order valence-electron chi connectivity index (χ3n) is 2.73. The molecule has 0 aliphatic rings. The van der Waals surface area contributed by atoms with Crippen LogP contribution in [0.2, 0.25) is 5.02 Å². The Kier molecular flexibility index (Phi) is 5.32. The van der Waals surface area contributed by atoms with Crippen molar-refractivity contribution in [3.63, 3.8) is 0 Å². The predicted molar refractivity (Wildman–Crippen MR) is 87.4 cm³/mol. The van der Waals surface area contributed by atoms with Crippen molar-refractivity contribution in [3.05, 3.63) is 62.7 Å². The van der Waals surface area contributed by atoms with Crippen LogP contribution in [0.1, 0.15) is 12.0 Å². The number of nitrogens with one attached hydrogen (secondary N) is 1. The molecule has 0 aliphatic heterocycles. The second-order valence-electron chi connectivity index (χ2n) is 4.14. The van der Waals surface area contributed by atoms with Gasteiger partial charge in [-0.25, -0.2) is 0 Å². The van der Waals surface area contributed by atoms with Gasteiger partial charge in [-0.1, -0.05) is 41.9 Å². The Balaban J connectivity index is 1.79. The molecule has 0 unspecified atom stereocenters. The lowest BCUT2D eigenvalue weighted by molar-refractivity contribution is 0.863. The van der Waals surface area contributed by atoms with Crippen LogP contribution in [0, 0.1) is 3.57 Å². The molecule has 0 saturated carbocycles. The number of hydrogen-bond acceptors (Lipinski definition) is 1. The first-order valence-electron chi connectivity index (χ1n) is 5.98. The molecule has 0 amide bonds. The van der Waals surface area contributed by atoms with Gasteiger partial charge in [-0.05, 0) is 59.2 Å². The molecule has 0 bridgehead atoms. The van der Waals surface area contributed by atoms with Crippen molar-refractivity contribution < 1.29 is 0 Å². The summed E-state index contributed by atoms with van der Waals surface area (Å²) in [6.45, 7) is 0.940. The number of hydrogen-bond donors (Lipinski definition) is 1. The van der Waals surface area contributed by atoms with Crippen molar-refractivity contribution >= 4 is 39.9 Å². The smallest absolute Gasteiger partial charge is 0.0648 e. The van der Waals surface area contributed by atoms with Gasteiger partial charge < -0.3 is 5.32 Å². The molecule has 94 valence electrons. The molecule has 2 rings (SSSR count). The van der Waals surface area contributed by atoms with E-state index in [0.717, 1.165) is 33.7 Å².